The maximum Gasteiger partial charge on any atom is 0.0900 e. The number of hydrogen-bond acceptors (Lipinski definition) is 4. The highest BCUT2D eigenvalue weighted by molar-refractivity contribution is 5.06. The van der Waals surface area contributed by atoms with E-state index in [0.717, 1.165) is 49.3 Å². The molecule has 4 heteroatoms. The number of ether oxygens (including phenoxy) is 1. The molecule has 6 atom stereocenters. The zero-order chi connectivity index (χ0) is 15.8. The van der Waals surface area contributed by atoms with E-state index in [1.165, 1.54) is 44.9 Å². The summed E-state index contributed by atoms with van der Waals surface area (Å²) in [7, 11) is 1.66. The van der Waals surface area contributed by atoms with Gasteiger partial charge in [0.05, 0.1) is 12.7 Å². The van der Waals surface area contributed by atoms with Crippen molar-refractivity contribution in [1.82, 2.24) is 10.2 Å². The number of nitrogens with one attached hydrogen (secondary N) is 1. The van der Waals surface area contributed by atoms with Crippen molar-refractivity contribution >= 4 is 0 Å². The lowest BCUT2D eigenvalue weighted by molar-refractivity contribution is 0.0301. The van der Waals surface area contributed by atoms with Crippen molar-refractivity contribution in [3.05, 3.63) is 0 Å². The van der Waals surface area contributed by atoms with Crippen molar-refractivity contribution in [3.63, 3.8) is 0 Å². The van der Waals surface area contributed by atoms with E-state index in [9.17, 15) is 5.11 Å². The topological polar surface area (TPSA) is 44.7 Å². The summed E-state index contributed by atoms with van der Waals surface area (Å²) < 4.78 is 5.03. The van der Waals surface area contributed by atoms with Gasteiger partial charge in [-0.1, -0.05) is 6.42 Å². The largest absolute Gasteiger partial charge is 0.389 e. The van der Waals surface area contributed by atoms with E-state index in [-0.39, 0.29) is 6.10 Å². The fourth-order valence-corrected chi connectivity index (χ4v) is 6.39. The van der Waals surface area contributed by atoms with Crippen LogP contribution in [0, 0.1) is 23.7 Å². The van der Waals surface area contributed by atoms with E-state index >= 15 is 0 Å². The minimum absolute atomic E-state index is 0.339. The Morgan fingerprint density at radius 1 is 1.09 bits per heavy atom. The quantitative estimate of drug-likeness (QED) is 0.784. The van der Waals surface area contributed by atoms with E-state index < -0.39 is 0 Å². The van der Waals surface area contributed by atoms with E-state index in [4.69, 9.17) is 4.74 Å². The smallest absolute Gasteiger partial charge is 0.0900 e. The number of β-amino-alcohol motifs (C(OH)–C–C–N with tert-alkyl or cyclic N) is 1. The molecule has 132 valence electrons. The zero-order valence-electron chi connectivity index (χ0n) is 14.6. The first kappa shape index (κ1) is 16.3. The fraction of sp³-hybridized carbons (Fsp3) is 1.00. The zero-order valence-corrected chi connectivity index (χ0v) is 14.6. The Morgan fingerprint density at radius 3 is 2.65 bits per heavy atom. The van der Waals surface area contributed by atoms with Gasteiger partial charge in [0.1, 0.15) is 0 Å². The monoisotopic (exact) mass is 322 g/mol. The van der Waals surface area contributed by atoms with Crippen LogP contribution in [0.25, 0.3) is 0 Å². The van der Waals surface area contributed by atoms with Gasteiger partial charge in [-0.2, -0.15) is 0 Å². The maximum absolute atomic E-state index is 9.87. The van der Waals surface area contributed by atoms with Gasteiger partial charge < -0.3 is 20.1 Å². The van der Waals surface area contributed by atoms with Crippen molar-refractivity contribution in [2.45, 2.75) is 63.1 Å². The van der Waals surface area contributed by atoms with Gasteiger partial charge in [-0.15, -0.1) is 0 Å². The molecule has 1 aliphatic heterocycles. The van der Waals surface area contributed by atoms with Gasteiger partial charge in [-0.3, -0.25) is 0 Å². The molecular formula is C19H34N2O2. The molecule has 3 aliphatic carbocycles. The molecule has 2 N–H and O–H groups in total. The predicted octanol–water partition coefficient (Wildman–Crippen LogP) is 1.87. The third-order valence-corrected chi connectivity index (χ3v) is 7.29. The van der Waals surface area contributed by atoms with Crippen molar-refractivity contribution in [3.8, 4) is 0 Å². The van der Waals surface area contributed by atoms with Crippen LogP contribution < -0.4 is 5.32 Å². The van der Waals surface area contributed by atoms with Crippen molar-refractivity contribution < 1.29 is 9.84 Å². The van der Waals surface area contributed by atoms with Gasteiger partial charge in [0.25, 0.3) is 0 Å². The molecule has 0 aromatic rings. The summed E-state index contributed by atoms with van der Waals surface area (Å²) in [6, 6.07) is 1.52. The summed E-state index contributed by atoms with van der Waals surface area (Å²) in [6.45, 7) is 3.45. The number of rotatable bonds is 6. The third-order valence-electron chi connectivity index (χ3n) is 7.29. The van der Waals surface area contributed by atoms with Gasteiger partial charge >= 0.3 is 0 Å². The summed E-state index contributed by atoms with van der Waals surface area (Å²) in [6.07, 6.45) is 9.66. The molecule has 0 spiro atoms. The predicted molar refractivity (Wildman–Crippen MR) is 91.3 cm³/mol. The first-order valence-electron chi connectivity index (χ1n) is 9.90. The van der Waals surface area contributed by atoms with Crippen LogP contribution in [0.2, 0.25) is 0 Å². The summed E-state index contributed by atoms with van der Waals surface area (Å²) in [5.41, 5.74) is 0. The highest BCUT2D eigenvalue weighted by Gasteiger charge is 2.53. The second-order valence-electron chi connectivity index (χ2n) is 8.61. The third kappa shape index (κ3) is 3.33. The Labute approximate surface area is 141 Å². The molecule has 0 radical (unpaired) electrons. The van der Waals surface area contributed by atoms with Crippen LogP contribution in [-0.4, -0.2) is 61.5 Å². The lowest BCUT2D eigenvalue weighted by Gasteiger charge is -2.38. The highest BCUT2D eigenvalue weighted by atomic mass is 16.5. The molecule has 2 bridgehead atoms. The first-order chi connectivity index (χ1) is 11.2. The Morgan fingerprint density at radius 2 is 1.87 bits per heavy atom. The van der Waals surface area contributed by atoms with Crippen molar-refractivity contribution in [2.75, 3.05) is 33.4 Å². The summed E-state index contributed by atoms with van der Waals surface area (Å²) in [5.74, 6) is 4.21. The fourth-order valence-electron chi connectivity index (χ4n) is 6.39. The van der Waals surface area contributed by atoms with Crippen LogP contribution in [0.15, 0.2) is 0 Å². The van der Waals surface area contributed by atoms with Crippen molar-refractivity contribution in [1.29, 1.82) is 0 Å². The Bertz CT molecular complexity index is 397. The van der Waals surface area contributed by atoms with Crippen LogP contribution in [0.3, 0.4) is 0 Å². The second kappa shape index (κ2) is 6.99. The standard InChI is InChI=1S/C19H34N2O2/c1-23-12-15(22)11-21-7-5-14(6-8-21)20-19-10-13-9-18(19)17-4-2-3-16(13)17/h13-20,22H,2-12H2,1H3. The molecule has 4 nitrogen and oxygen atoms in total. The average Bonchev–Trinajstić information content (AvgIpc) is 3.22. The normalized spacial score (nSPS) is 42.3. The van der Waals surface area contributed by atoms with Gasteiger partial charge in [0.15, 0.2) is 0 Å². The van der Waals surface area contributed by atoms with E-state index in [1.807, 2.05) is 0 Å². The lowest BCUT2D eigenvalue weighted by atomic mass is 9.78. The average molecular weight is 322 g/mol. The van der Waals surface area contributed by atoms with Crippen LogP contribution in [-0.2, 0) is 4.74 Å². The molecule has 4 fully saturated rings. The summed E-state index contributed by atoms with van der Waals surface area (Å²) in [4.78, 5) is 2.40. The Balaban J connectivity index is 1.22. The molecule has 0 amide bonds. The molecule has 0 aromatic carbocycles. The number of likely N-dealkylation sites (tertiary alicyclic amines) is 1. The van der Waals surface area contributed by atoms with Crippen molar-refractivity contribution in [2.24, 2.45) is 23.7 Å². The molecule has 0 aromatic heterocycles. The molecule has 4 rings (SSSR count). The number of hydrogen-bond donors (Lipinski definition) is 2. The highest BCUT2D eigenvalue weighted by Crippen LogP contribution is 2.58. The van der Waals surface area contributed by atoms with E-state index in [2.05, 4.69) is 10.2 Å². The molecule has 1 heterocycles. The number of piperidine rings is 1. The molecule has 23 heavy (non-hydrogen) atoms. The number of aliphatic hydroxyl groups excluding tert-OH is 1. The minimum atomic E-state index is -0.339. The summed E-state index contributed by atoms with van der Waals surface area (Å²) in [5, 5.41) is 13.9. The Hall–Kier alpha value is -0.160. The molecule has 3 saturated carbocycles. The van der Waals surface area contributed by atoms with Crippen LogP contribution >= 0.6 is 0 Å². The molecule has 6 unspecified atom stereocenters. The van der Waals surface area contributed by atoms with Gasteiger partial charge in [0, 0.05) is 25.7 Å². The first-order valence-corrected chi connectivity index (χ1v) is 9.90. The number of nitrogens with zero attached hydrogens (tertiary/aromatic N) is 1. The maximum atomic E-state index is 9.87. The minimum Gasteiger partial charge on any atom is -0.389 e. The SMILES string of the molecule is COCC(O)CN1CCC(NC2CC3CC2C2CCCC32)CC1. The van der Waals surface area contributed by atoms with Gasteiger partial charge in [-0.05, 0) is 75.3 Å². The molecular weight excluding hydrogens is 288 g/mol. The van der Waals surface area contributed by atoms with Gasteiger partial charge in [-0.25, -0.2) is 0 Å². The van der Waals surface area contributed by atoms with Crippen LogP contribution in [0.5, 0.6) is 0 Å². The van der Waals surface area contributed by atoms with Crippen LogP contribution in [0.1, 0.15) is 44.9 Å². The second-order valence-corrected chi connectivity index (χ2v) is 8.61. The van der Waals surface area contributed by atoms with E-state index in [0.29, 0.717) is 12.6 Å². The van der Waals surface area contributed by atoms with Gasteiger partial charge in [0.2, 0.25) is 0 Å². The summed E-state index contributed by atoms with van der Waals surface area (Å²) >= 11 is 0. The molecule has 4 aliphatic rings. The van der Waals surface area contributed by atoms with Crippen LogP contribution in [0.4, 0.5) is 0 Å². The number of methoxy groups -OCH3 is 1. The molecule has 1 saturated heterocycles. The lowest BCUT2D eigenvalue weighted by Crippen LogP contribution is -2.50. The number of aliphatic hydroxyl groups is 1. The Kier molecular flexibility index (Phi) is 4.96. The number of fused-ring (bicyclic) bond motifs is 5. The van der Waals surface area contributed by atoms with E-state index in [1.54, 1.807) is 7.11 Å².